The number of aromatic nitrogens is 3. The zero-order valence-electron chi connectivity index (χ0n) is 14.8. The molecule has 0 amide bonds. The molecule has 25 heavy (non-hydrogen) atoms. The van der Waals surface area contributed by atoms with Gasteiger partial charge in [0, 0.05) is 14.1 Å². The predicted molar refractivity (Wildman–Crippen MR) is 114 cm³/mol. The zero-order valence-corrected chi connectivity index (χ0v) is 18.7. The molecule has 0 aliphatic heterocycles. The van der Waals surface area contributed by atoms with Crippen molar-refractivity contribution in [2.45, 2.75) is 26.5 Å². The maximum Gasteiger partial charge on any atom is 0.191 e. The van der Waals surface area contributed by atoms with Gasteiger partial charge in [0.2, 0.25) is 0 Å². The minimum atomic E-state index is -0.0145. The summed E-state index contributed by atoms with van der Waals surface area (Å²) in [5.74, 6) is 3.25. The molecule has 1 aromatic carbocycles. The maximum atomic E-state index is 5.91. The van der Waals surface area contributed by atoms with E-state index in [9.17, 15) is 0 Å². The lowest BCUT2D eigenvalue weighted by atomic mass is 10.3. The van der Waals surface area contributed by atoms with E-state index in [2.05, 4.69) is 41.8 Å². The number of para-hydroxylation sites is 1. The van der Waals surface area contributed by atoms with Crippen LogP contribution < -0.4 is 15.4 Å². The van der Waals surface area contributed by atoms with Crippen LogP contribution in [0.4, 0.5) is 0 Å². The molecule has 1 heterocycles. The number of aliphatic imine (C=N–C) groups is 1. The van der Waals surface area contributed by atoms with Gasteiger partial charge in [0.1, 0.15) is 17.7 Å². The summed E-state index contributed by atoms with van der Waals surface area (Å²) >= 11 is 3.48. The molecule has 0 spiro atoms. The van der Waals surface area contributed by atoms with Gasteiger partial charge in [0.25, 0.3) is 0 Å². The van der Waals surface area contributed by atoms with E-state index in [0.29, 0.717) is 19.0 Å². The maximum absolute atomic E-state index is 5.91. The Morgan fingerprint density at radius 3 is 2.64 bits per heavy atom. The molecule has 1 aromatic heterocycles. The largest absolute Gasteiger partial charge is 0.488 e. The van der Waals surface area contributed by atoms with Crippen LogP contribution in [0.1, 0.15) is 18.6 Å². The third kappa shape index (κ3) is 6.46. The predicted octanol–water partition coefficient (Wildman–Crippen LogP) is 2.64. The van der Waals surface area contributed by atoms with Crippen molar-refractivity contribution in [2.24, 2.45) is 12.0 Å². The second-order valence-corrected chi connectivity index (χ2v) is 6.24. The Labute approximate surface area is 173 Å². The first-order chi connectivity index (χ1) is 11.5. The Morgan fingerprint density at radius 2 is 2.04 bits per heavy atom. The summed E-state index contributed by atoms with van der Waals surface area (Å²) in [6.45, 7) is 5.10. The highest BCUT2D eigenvalue weighted by Crippen LogP contribution is 2.24. The minimum Gasteiger partial charge on any atom is -0.488 e. The summed E-state index contributed by atoms with van der Waals surface area (Å²) in [5.41, 5.74) is 0. The molecule has 0 saturated heterocycles. The fourth-order valence-electron chi connectivity index (χ4n) is 2.03. The molecule has 7 nitrogen and oxygen atoms in total. The van der Waals surface area contributed by atoms with E-state index in [1.54, 1.807) is 7.05 Å². The average molecular weight is 523 g/mol. The highest BCUT2D eigenvalue weighted by molar-refractivity contribution is 14.0. The molecule has 0 aliphatic rings. The number of aryl methyl sites for hydroxylation is 1. The van der Waals surface area contributed by atoms with E-state index in [-0.39, 0.29) is 30.1 Å². The lowest BCUT2D eigenvalue weighted by Crippen LogP contribution is -2.41. The Morgan fingerprint density at radius 1 is 1.32 bits per heavy atom. The molecule has 0 bridgehead atoms. The normalized spacial score (nSPS) is 12.3. The lowest BCUT2D eigenvalue weighted by molar-refractivity contribution is 0.222. The minimum absolute atomic E-state index is 0. The van der Waals surface area contributed by atoms with Crippen molar-refractivity contribution < 1.29 is 4.74 Å². The third-order valence-electron chi connectivity index (χ3n) is 3.54. The molecule has 0 radical (unpaired) electrons. The van der Waals surface area contributed by atoms with Gasteiger partial charge >= 0.3 is 0 Å². The molecule has 1 atom stereocenters. The number of hydrogen-bond donors (Lipinski definition) is 2. The van der Waals surface area contributed by atoms with Crippen LogP contribution in [0, 0.1) is 6.92 Å². The van der Waals surface area contributed by atoms with Crippen LogP contribution in [0.25, 0.3) is 0 Å². The van der Waals surface area contributed by atoms with Crippen LogP contribution in [0.3, 0.4) is 0 Å². The second kappa shape index (κ2) is 10.6. The highest BCUT2D eigenvalue weighted by Gasteiger charge is 2.09. The molecule has 1 unspecified atom stereocenters. The van der Waals surface area contributed by atoms with Crippen LogP contribution in [-0.2, 0) is 13.6 Å². The van der Waals surface area contributed by atoms with Crippen molar-refractivity contribution in [1.29, 1.82) is 0 Å². The van der Waals surface area contributed by atoms with Gasteiger partial charge in [-0.1, -0.05) is 12.1 Å². The van der Waals surface area contributed by atoms with Crippen LogP contribution in [-0.4, -0.2) is 40.4 Å². The SMILES string of the molecule is CN=C(NCc1nnc(C)n1C)NCC(C)Oc1ccccc1Br.I. The Kier molecular flexibility index (Phi) is 9.19. The standard InChI is InChI=1S/C16H23BrN6O.HI/c1-11(24-14-8-6-5-7-13(14)17)9-19-16(18-3)20-10-15-22-21-12(2)23(15)4;/h5-8,11H,9-10H2,1-4H3,(H2,18,19,20);1H. The van der Waals surface area contributed by atoms with Crippen LogP contribution in [0.2, 0.25) is 0 Å². The number of nitrogens with one attached hydrogen (secondary N) is 2. The van der Waals surface area contributed by atoms with Crippen LogP contribution >= 0.6 is 39.9 Å². The smallest absolute Gasteiger partial charge is 0.191 e. The number of ether oxygens (including phenoxy) is 1. The first-order valence-corrected chi connectivity index (χ1v) is 8.51. The van der Waals surface area contributed by atoms with Gasteiger partial charge in [-0.25, -0.2) is 0 Å². The summed E-state index contributed by atoms with van der Waals surface area (Å²) in [6.07, 6.45) is -0.0145. The van der Waals surface area contributed by atoms with Crippen molar-refractivity contribution in [2.75, 3.05) is 13.6 Å². The number of guanidine groups is 1. The van der Waals surface area contributed by atoms with Crippen molar-refractivity contribution >= 4 is 45.9 Å². The number of halogens is 2. The number of nitrogens with zero attached hydrogens (tertiary/aromatic N) is 4. The molecule has 0 aliphatic carbocycles. The lowest BCUT2D eigenvalue weighted by Gasteiger charge is -2.18. The Hall–Kier alpha value is -1.36. The number of benzene rings is 1. The van der Waals surface area contributed by atoms with Gasteiger partial charge in [0.15, 0.2) is 11.8 Å². The third-order valence-corrected chi connectivity index (χ3v) is 4.20. The molecular weight excluding hydrogens is 499 g/mol. The van der Waals surface area contributed by atoms with Crippen LogP contribution in [0.5, 0.6) is 5.75 Å². The summed E-state index contributed by atoms with van der Waals surface area (Å²) in [6, 6.07) is 7.80. The Balaban J connectivity index is 0.00000312. The number of rotatable bonds is 6. The summed E-state index contributed by atoms with van der Waals surface area (Å²) in [4.78, 5) is 4.21. The quantitative estimate of drug-likeness (QED) is 0.346. The fraction of sp³-hybridized carbons (Fsp3) is 0.438. The Bertz CT molecular complexity index is 706. The van der Waals surface area contributed by atoms with Gasteiger partial charge in [-0.15, -0.1) is 34.2 Å². The molecular formula is C16H24BrIN6O. The van der Waals surface area contributed by atoms with E-state index >= 15 is 0 Å². The number of hydrogen-bond acceptors (Lipinski definition) is 4. The summed E-state index contributed by atoms with van der Waals surface area (Å²) in [7, 11) is 3.67. The molecule has 0 fully saturated rings. The molecule has 2 aromatic rings. The van der Waals surface area contributed by atoms with Gasteiger partial charge in [-0.3, -0.25) is 4.99 Å². The van der Waals surface area contributed by atoms with E-state index < -0.39 is 0 Å². The van der Waals surface area contributed by atoms with E-state index in [1.807, 2.05) is 49.7 Å². The van der Waals surface area contributed by atoms with Gasteiger partial charge in [0.05, 0.1) is 17.6 Å². The monoisotopic (exact) mass is 522 g/mol. The van der Waals surface area contributed by atoms with Crippen molar-refractivity contribution in [3.05, 3.63) is 40.4 Å². The summed E-state index contributed by atoms with van der Waals surface area (Å²) < 4.78 is 8.79. The van der Waals surface area contributed by atoms with Crippen molar-refractivity contribution in [1.82, 2.24) is 25.4 Å². The molecule has 0 saturated carbocycles. The van der Waals surface area contributed by atoms with E-state index in [0.717, 1.165) is 21.9 Å². The van der Waals surface area contributed by atoms with E-state index in [1.165, 1.54) is 0 Å². The van der Waals surface area contributed by atoms with Crippen LogP contribution in [0.15, 0.2) is 33.7 Å². The highest BCUT2D eigenvalue weighted by atomic mass is 127. The first kappa shape index (κ1) is 21.7. The van der Waals surface area contributed by atoms with Crippen molar-refractivity contribution in [3.8, 4) is 5.75 Å². The molecule has 2 rings (SSSR count). The summed E-state index contributed by atoms with van der Waals surface area (Å²) in [5, 5.41) is 14.6. The van der Waals surface area contributed by atoms with E-state index in [4.69, 9.17) is 4.74 Å². The zero-order chi connectivity index (χ0) is 17.5. The topological polar surface area (TPSA) is 76.4 Å². The molecule has 2 N–H and O–H groups in total. The fourth-order valence-corrected chi connectivity index (χ4v) is 2.41. The van der Waals surface area contributed by atoms with Gasteiger partial charge in [-0.05, 0) is 41.9 Å². The molecule has 9 heteroatoms. The second-order valence-electron chi connectivity index (χ2n) is 5.39. The average Bonchev–Trinajstić information content (AvgIpc) is 2.89. The van der Waals surface area contributed by atoms with Crippen molar-refractivity contribution in [3.63, 3.8) is 0 Å². The molecule has 138 valence electrons. The van der Waals surface area contributed by atoms with Gasteiger partial charge in [-0.2, -0.15) is 0 Å². The van der Waals surface area contributed by atoms with Gasteiger partial charge < -0.3 is 19.9 Å². The first-order valence-electron chi connectivity index (χ1n) is 7.71.